The Balaban J connectivity index is 1.89. The van der Waals surface area contributed by atoms with Crippen molar-refractivity contribution in [2.75, 3.05) is 18.0 Å². The van der Waals surface area contributed by atoms with Crippen molar-refractivity contribution in [3.05, 3.63) is 64.4 Å². The molecule has 146 valence electrons. The molecular weight excluding hydrogens is 377 g/mol. The molecule has 0 bridgehead atoms. The third kappa shape index (κ3) is 4.45. The summed E-state index contributed by atoms with van der Waals surface area (Å²) >= 11 is 6.25. The third-order valence-corrected chi connectivity index (χ3v) is 5.44. The van der Waals surface area contributed by atoms with Crippen LogP contribution < -0.4 is 4.90 Å². The van der Waals surface area contributed by atoms with Crippen LogP contribution in [0, 0.1) is 17.1 Å². The second kappa shape index (κ2) is 9.07. The molecule has 0 aromatic heterocycles. The number of halogens is 2. The van der Waals surface area contributed by atoms with Crippen LogP contribution in [0.4, 0.5) is 10.1 Å². The van der Waals surface area contributed by atoms with E-state index in [-0.39, 0.29) is 17.8 Å². The van der Waals surface area contributed by atoms with Crippen LogP contribution in [0.1, 0.15) is 37.3 Å². The van der Waals surface area contributed by atoms with Crippen LogP contribution in [-0.2, 0) is 11.3 Å². The summed E-state index contributed by atoms with van der Waals surface area (Å²) in [5, 5.41) is 9.51. The summed E-state index contributed by atoms with van der Waals surface area (Å²) in [5.41, 5.74) is 1.81. The lowest BCUT2D eigenvalue weighted by atomic mass is 10.1. The summed E-state index contributed by atoms with van der Waals surface area (Å²) < 4.78 is 14.3. The van der Waals surface area contributed by atoms with Crippen LogP contribution in [0.15, 0.2) is 42.5 Å². The average Bonchev–Trinajstić information content (AvgIpc) is 3.17. The number of carbonyl (C=O) groups is 1. The molecule has 1 aliphatic heterocycles. The molecule has 0 saturated carbocycles. The summed E-state index contributed by atoms with van der Waals surface area (Å²) in [6, 6.07) is 14.1. The van der Waals surface area contributed by atoms with Gasteiger partial charge < -0.3 is 9.80 Å². The van der Waals surface area contributed by atoms with Gasteiger partial charge in [0.05, 0.1) is 10.6 Å². The van der Waals surface area contributed by atoms with E-state index in [9.17, 15) is 9.18 Å². The van der Waals surface area contributed by atoms with Crippen LogP contribution in [0.2, 0.25) is 5.02 Å². The molecule has 1 aliphatic rings. The van der Waals surface area contributed by atoms with Crippen LogP contribution in [-0.4, -0.2) is 29.9 Å². The van der Waals surface area contributed by atoms with Gasteiger partial charge in [-0.15, -0.1) is 0 Å². The summed E-state index contributed by atoms with van der Waals surface area (Å²) in [6.07, 6.45) is 2.18. The first-order valence-electron chi connectivity index (χ1n) is 9.51. The lowest BCUT2D eigenvalue weighted by Crippen LogP contribution is -2.38. The molecule has 0 N–H and O–H groups in total. The van der Waals surface area contributed by atoms with E-state index in [1.165, 1.54) is 6.07 Å². The van der Waals surface area contributed by atoms with Crippen molar-refractivity contribution in [1.29, 1.82) is 5.26 Å². The molecule has 1 atom stereocenters. The first-order valence-corrected chi connectivity index (χ1v) is 9.88. The van der Waals surface area contributed by atoms with Gasteiger partial charge in [0.15, 0.2) is 0 Å². The van der Waals surface area contributed by atoms with Gasteiger partial charge in [0.1, 0.15) is 11.9 Å². The Bertz CT molecular complexity index is 896. The molecule has 6 heteroatoms. The number of nitrogens with zero attached hydrogens (tertiary/aromatic N) is 3. The second-order valence-electron chi connectivity index (χ2n) is 7.03. The number of amides is 1. The van der Waals surface area contributed by atoms with E-state index < -0.39 is 0 Å². The molecule has 3 rings (SSSR count). The van der Waals surface area contributed by atoms with Gasteiger partial charge in [0.2, 0.25) is 5.91 Å². The van der Waals surface area contributed by atoms with Gasteiger partial charge in [-0.1, -0.05) is 36.7 Å². The summed E-state index contributed by atoms with van der Waals surface area (Å²) in [6.45, 7) is 3.66. The maximum Gasteiger partial charge on any atom is 0.222 e. The summed E-state index contributed by atoms with van der Waals surface area (Å²) in [5.74, 6) is -0.0992. The predicted molar refractivity (Wildman–Crippen MR) is 109 cm³/mol. The van der Waals surface area contributed by atoms with Gasteiger partial charge in [0.25, 0.3) is 0 Å². The Hall–Kier alpha value is -2.58. The van der Waals surface area contributed by atoms with Gasteiger partial charge in [0, 0.05) is 43.3 Å². The van der Waals surface area contributed by atoms with Crippen molar-refractivity contribution in [2.24, 2.45) is 0 Å². The third-order valence-electron chi connectivity index (χ3n) is 5.12. The number of likely N-dealkylation sites (tertiary alicyclic amines) is 1. The highest BCUT2D eigenvalue weighted by Crippen LogP contribution is 2.30. The van der Waals surface area contributed by atoms with Crippen LogP contribution in [0.5, 0.6) is 0 Å². The van der Waals surface area contributed by atoms with Crippen LogP contribution >= 0.6 is 11.6 Å². The fourth-order valence-electron chi connectivity index (χ4n) is 3.61. The largest absolute Gasteiger partial charge is 0.362 e. The molecular formula is C22H23ClFN3O. The molecule has 2 aromatic carbocycles. The van der Waals surface area contributed by atoms with E-state index in [0.29, 0.717) is 42.2 Å². The Morgan fingerprint density at radius 2 is 2.14 bits per heavy atom. The fourth-order valence-corrected chi connectivity index (χ4v) is 3.83. The molecule has 0 aliphatic carbocycles. The normalized spacial score (nSPS) is 16.1. The van der Waals surface area contributed by atoms with Crippen molar-refractivity contribution < 1.29 is 9.18 Å². The molecule has 28 heavy (non-hydrogen) atoms. The highest BCUT2D eigenvalue weighted by molar-refractivity contribution is 6.32. The first-order chi connectivity index (χ1) is 13.5. The lowest BCUT2D eigenvalue weighted by Gasteiger charge is -2.32. The highest BCUT2D eigenvalue weighted by atomic mass is 35.5. The Morgan fingerprint density at radius 3 is 2.82 bits per heavy atom. The van der Waals surface area contributed by atoms with E-state index in [2.05, 4.69) is 11.0 Å². The molecule has 0 spiro atoms. The number of hydrogen-bond acceptors (Lipinski definition) is 3. The number of carbonyl (C=O) groups excluding carboxylic acids is 1. The van der Waals surface area contributed by atoms with E-state index in [1.54, 1.807) is 24.3 Å². The molecule has 1 saturated heterocycles. The lowest BCUT2D eigenvalue weighted by molar-refractivity contribution is -0.130. The van der Waals surface area contributed by atoms with E-state index in [4.69, 9.17) is 16.9 Å². The average molecular weight is 400 g/mol. The van der Waals surface area contributed by atoms with Gasteiger partial charge in [-0.25, -0.2) is 4.39 Å². The summed E-state index contributed by atoms with van der Waals surface area (Å²) in [4.78, 5) is 16.3. The molecule has 4 nitrogen and oxygen atoms in total. The molecule has 1 fully saturated rings. The standard InChI is InChI=1S/C22H23ClFN3O/c1-2-5-22(28)26-11-10-19(15-26)27(14-17-6-3-4-7-21(17)24)18-9-8-16(13-25)20(23)12-18/h3-4,6-9,12,19H,2,5,10-11,14-15H2,1H3/t19-/m0/s1. The minimum atomic E-state index is -0.260. The van der Waals surface area contributed by atoms with Crippen LogP contribution in [0.25, 0.3) is 0 Å². The van der Waals surface area contributed by atoms with E-state index in [1.807, 2.05) is 24.0 Å². The molecule has 2 aromatic rings. The molecule has 1 amide bonds. The topological polar surface area (TPSA) is 47.3 Å². The molecule has 1 heterocycles. The highest BCUT2D eigenvalue weighted by Gasteiger charge is 2.31. The maximum absolute atomic E-state index is 14.3. The number of hydrogen-bond donors (Lipinski definition) is 0. The predicted octanol–water partition coefficient (Wildman–Crippen LogP) is 4.76. The van der Waals surface area contributed by atoms with Crippen molar-refractivity contribution in [3.63, 3.8) is 0 Å². The number of rotatable bonds is 6. The zero-order valence-corrected chi connectivity index (χ0v) is 16.6. The quantitative estimate of drug-likeness (QED) is 0.703. The summed E-state index contributed by atoms with van der Waals surface area (Å²) in [7, 11) is 0. The number of anilines is 1. The Labute approximate surface area is 170 Å². The Morgan fingerprint density at radius 1 is 1.36 bits per heavy atom. The van der Waals surface area contributed by atoms with Crippen molar-refractivity contribution in [1.82, 2.24) is 4.90 Å². The molecule has 0 radical (unpaired) electrons. The maximum atomic E-state index is 14.3. The molecule has 0 unspecified atom stereocenters. The first kappa shape index (κ1) is 20.2. The zero-order chi connectivity index (χ0) is 20.1. The number of nitriles is 1. The second-order valence-corrected chi connectivity index (χ2v) is 7.43. The number of benzene rings is 2. The zero-order valence-electron chi connectivity index (χ0n) is 15.9. The SMILES string of the molecule is CCCC(=O)N1CC[C@H](N(Cc2ccccc2F)c2ccc(C#N)c(Cl)c2)C1. The Kier molecular flexibility index (Phi) is 6.53. The smallest absolute Gasteiger partial charge is 0.222 e. The van der Waals surface area contributed by atoms with Crippen molar-refractivity contribution in [3.8, 4) is 6.07 Å². The van der Waals surface area contributed by atoms with Crippen LogP contribution in [0.3, 0.4) is 0 Å². The monoisotopic (exact) mass is 399 g/mol. The fraction of sp³-hybridized carbons (Fsp3) is 0.364. The van der Waals surface area contributed by atoms with Gasteiger partial charge in [-0.2, -0.15) is 5.26 Å². The minimum Gasteiger partial charge on any atom is -0.362 e. The van der Waals surface area contributed by atoms with Gasteiger partial charge >= 0.3 is 0 Å². The van der Waals surface area contributed by atoms with E-state index >= 15 is 0 Å². The van der Waals surface area contributed by atoms with Gasteiger partial charge in [-0.05, 0) is 37.1 Å². The van der Waals surface area contributed by atoms with Crippen molar-refractivity contribution >= 4 is 23.2 Å². The van der Waals surface area contributed by atoms with E-state index in [0.717, 1.165) is 18.5 Å². The van der Waals surface area contributed by atoms with Gasteiger partial charge in [-0.3, -0.25) is 4.79 Å². The minimum absolute atomic E-state index is 0.0596. The van der Waals surface area contributed by atoms with Crippen molar-refractivity contribution in [2.45, 2.75) is 38.8 Å².